The van der Waals surface area contributed by atoms with E-state index in [2.05, 4.69) is 23.1 Å². The smallest absolute Gasteiger partial charge is 0.276 e. The molecular formula is C19H22FN3O2S. The molecule has 0 radical (unpaired) electrons. The van der Waals surface area contributed by atoms with Crippen LogP contribution in [0.15, 0.2) is 48.5 Å². The molecule has 0 saturated carbocycles. The Morgan fingerprint density at radius 2 is 1.85 bits per heavy atom. The fourth-order valence-corrected chi connectivity index (χ4v) is 2.33. The second-order valence-electron chi connectivity index (χ2n) is 5.65. The van der Waals surface area contributed by atoms with Gasteiger partial charge < -0.3 is 10.1 Å². The van der Waals surface area contributed by atoms with Crippen molar-refractivity contribution in [3.63, 3.8) is 0 Å². The first kappa shape index (κ1) is 19.7. The first-order valence-corrected chi connectivity index (χ1v) is 8.81. The number of unbranched alkanes of at least 4 members (excludes halogenated alkanes) is 1. The molecule has 138 valence electrons. The summed E-state index contributed by atoms with van der Waals surface area (Å²) >= 11 is 5.12. The number of para-hydroxylation sites is 1. The highest BCUT2D eigenvalue weighted by atomic mass is 32.1. The van der Waals surface area contributed by atoms with Crippen LogP contribution in [0.4, 0.5) is 10.1 Å². The van der Waals surface area contributed by atoms with Gasteiger partial charge in [0.2, 0.25) is 0 Å². The van der Waals surface area contributed by atoms with E-state index in [1.807, 2.05) is 24.3 Å². The number of carbonyl (C=O) groups excluding carboxylic acids is 1. The quantitative estimate of drug-likeness (QED) is 0.510. The number of amides is 1. The molecule has 1 amide bonds. The molecule has 0 atom stereocenters. The van der Waals surface area contributed by atoms with Crippen LogP contribution in [0.25, 0.3) is 0 Å². The maximum atomic E-state index is 13.4. The van der Waals surface area contributed by atoms with E-state index in [4.69, 9.17) is 17.0 Å². The molecule has 0 aliphatic carbocycles. The topological polar surface area (TPSA) is 62.4 Å². The van der Waals surface area contributed by atoms with Gasteiger partial charge in [-0.15, -0.1) is 0 Å². The first-order valence-electron chi connectivity index (χ1n) is 8.40. The second-order valence-corrected chi connectivity index (χ2v) is 6.06. The molecule has 0 unspecified atom stereocenters. The van der Waals surface area contributed by atoms with Crippen molar-refractivity contribution in [2.24, 2.45) is 0 Å². The Balaban J connectivity index is 1.70. The van der Waals surface area contributed by atoms with E-state index in [9.17, 15) is 9.18 Å². The Kier molecular flexibility index (Phi) is 7.82. The van der Waals surface area contributed by atoms with Crippen LogP contribution >= 0.6 is 12.2 Å². The number of nitrogens with one attached hydrogen (secondary N) is 3. The number of benzene rings is 2. The van der Waals surface area contributed by atoms with Gasteiger partial charge in [-0.1, -0.05) is 37.6 Å². The summed E-state index contributed by atoms with van der Waals surface area (Å²) in [5.74, 6) is -0.980. The standard InChI is InChI=1S/C19H22FN3O2S/c1-2-3-6-14-9-11-15(12-10-14)21-19(26)23-22-18(24)13-25-17-8-5-4-7-16(17)20/h4-5,7-12H,2-3,6,13H2,1H3,(H,22,24)(H2,21,23,26). The normalized spacial score (nSPS) is 10.1. The molecule has 0 aliphatic rings. The first-order chi connectivity index (χ1) is 12.6. The highest BCUT2D eigenvalue weighted by molar-refractivity contribution is 7.80. The van der Waals surface area contributed by atoms with Gasteiger partial charge in [0.15, 0.2) is 23.3 Å². The fraction of sp³-hybridized carbons (Fsp3) is 0.263. The van der Waals surface area contributed by atoms with Crippen LogP contribution in [0.5, 0.6) is 5.75 Å². The van der Waals surface area contributed by atoms with Crippen molar-refractivity contribution < 1.29 is 13.9 Å². The minimum absolute atomic E-state index is 0.0199. The van der Waals surface area contributed by atoms with Gasteiger partial charge in [-0.3, -0.25) is 15.6 Å². The number of hydrogen-bond acceptors (Lipinski definition) is 3. The number of hydrazine groups is 1. The van der Waals surface area contributed by atoms with Gasteiger partial charge in [0, 0.05) is 5.69 Å². The number of thiocarbonyl (C=S) groups is 1. The molecule has 0 bridgehead atoms. The Morgan fingerprint density at radius 1 is 1.12 bits per heavy atom. The van der Waals surface area contributed by atoms with Crippen molar-refractivity contribution in [1.29, 1.82) is 0 Å². The van der Waals surface area contributed by atoms with E-state index in [0.29, 0.717) is 0 Å². The Hall–Kier alpha value is -2.67. The van der Waals surface area contributed by atoms with Crippen molar-refractivity contribution >= 4 is 28.9 Å². The molecule has 0 heterocycles. The van der Waals surface area contributed by atoms with Crippen molar-refractivity contribution in [3.05, 3.63) is 59.9 Å². The molecule has 0 fully saturated rings. The second kappa shape index (κ2) is 10.4. The van der Waals surface area contributed by atoms with Crippen LogP contribution < -0.4 is 20.9 Å². The highest BCUT2D eigenvalue weighted by Gasteiger charge is 2.06. The molecule has 0 aliphatic heterocycles. The number of aryl methyl sites for hydroxylation is 1. The lowest BCUT2D eigenvalue weighted by Crippen LogP contribution is -2.45. The fourth-order valence-electron chi connectivity index (χ4n) is 2.17. The SMILES string of the molecule is CCCCc1ccc(NC(=S)NNC(=O)COc2ccccc2F)cc1. The summed E-state index contributed by atoms with van der Waals surface area (Å²) in [6.45, 7) is 1.83. The van der Waals surface area contributed by atoms with Crippen LogP contribution in [0.1, 0.15) is 25.3 Å². The van der Waals surface area contributed by atoms with Crippen LogP contribution in [0.3, 0.4) is 0 Å². The number of anilines is 1. The van der Waals surface area contributed by atoms with Crippen LogP contribution in [0, 0.1) is 5.82 Å². The number of carbonyl (C=O) groups is 1. The molecule has 0 aromatic heterocycles. The molecule has 5 nitrogen and oxygen atoms in total. The predicted molar refractivity (Wildman–Crippen MR) is 104 cm³/mol. The Morgan fingerprint density at radius 3 is 2.54 bits per heavy atom. The third-order valence-corrected chi connectivity index (χ3v) is 3.75. The number of halogens is 1. The van der Waals surface area contributed by atoms with E-state index in [0.717, 1.165) is 24.9 Å². The maximum absolute atomic E-state index is 13.4. The predicted octanol–water partition coefficient (Wildman–Crippen LogP) is 3.56. The molecule has 3 N–H and O–H groups in total. The zero-order chi connectivity index (χ0) is 18.8. The third kappa shape index (κ3) is 6.68. The summed E-state index contributed by atoms with van der Waals surface area (Å²) in [6, 6.07) is 13.8. The summed E-state index contributed by atoms with van der Waals surface area (Å²) in [4.78, 5) is 11.7. The molecule has 2 aromatic carbocycles. The lowest BCUT2D eigenvalue weighted by molar-refractivity contribution is -0.123. The van der Waals surface area contributed by atoms with Crippen molar-refractivity contribution in [3.8, 4) is 5.75 Å². The number of ether oxygens (including phenoxy) is 1. The van der Waals surface area contributed by atoms with Gasteiger partial charge in [-0.2, -0.15) is 0 Å². The Bertz CT molecular complexity index is 738. The lowest BCUT2D eigenvalue weighted by atomic mass is 10.1. The Labute approximate surface area is 157 Å². The summed E-state index contributed by atoms with van der Waals surface area (Å²) in [6.07, 6.45) is 3.37. The third-order valence-electron chi connectivity index (χ3n) is 3.54. The average molecular weight is 375 g/mol. The summed E-state index contributed by atoms with van der Waals surface area (Å²) in [5.41, 5.74) is 7.06. The van der Waals surface area contributed by atoms with Crippen LogP contribution in [-0.2, 0) is 11.2 Å². The lowest BCUT2D eigenvalue weighted by Gasteiger charge is -2.12. The molecule has 0 saturated heterocycles. The van der Waals surface area contributed by atoms with Crippen molar-refractivity contribution in [1.82, 2.24) is 10.9 Å². The van der Waals surface area contributed by atoms with Gasteiger partial charge in [-0.05, 0) is 54.9 Å². The summed E-state index contributed by atoms with van der Waals surface area (Å²) < 4.78 is 18.5. The zero-order valence-corrected chi connectivity index (χ0v) is 15.4. The average Bonchev–Trinajstić information content (AvgIpc) is 2.65. The molecule has 0 spiro atoms. The van der Waals surface area contributed by atoms with E-state index in [-0.39, 0.29) is 17.5 Å². The minimum Gasteiger partial charge on any atom is -0.481 e. The van der Waals surface area contributed by atoms with Gasteiger partial charge in [0.05, 0.1) is 0 Å². The van der Waals surface area contributed by atoms with Gasteiger partial charge in [0.25, 0.3) is 5.91 Å². The van der Waals surface area contributed by atoms with Crippen LogP contribution in [0.2, 0.25) is 0 Å². The molecule has 2 rings (SSSR count). The summed E-state index contributed by atoms with van der Waals surface area (Å²) in [5, 5.41) is 3.21. The van der Waals surface area contributed by atoms with Crippen molar-refractivity contribution in [2.45, 2.75) is 26.2 Å². The largest absolute Gasteiger partial charge is 0.481 e. The number of rotatable bonds is 7. The van der Waals surface area contributed by atoms with Gasteiger partial charge in [0.1, 0.15) is 0 Å². The van der Waals surface area contributed by atoms with E-state index in [1.54, 1.807) is 12.1 Å². The maximum Gasteiger partial charge on any atom is 0.276 e. The van der Waals surface area contributed by atoms with Gasteiger partial charge in [-0.25, -0.2) is 4.39 Å². The molecular weight excluding hydrogens is 353 g/mol. The van der Waals surface area contributed by atoms with Crippen LogP contribution in [-0.4, -0.2) is 17.6 Å². The number of hydrogen-bond donors (Lipinski definition) is 3. The minimum atomic E-state index is -0.521. The zero-order valence-electron chi connectivity index (χ0n) is 14.5. The van der Waals surface area contributed by atoms with E-state index < -0.39 is 11.7 Å². The van der Waals surface area contributed by atoms with Gasteiger partial charge >= 0.3 is 0 Å². The highest BCUT2D eigenvalue weighted by Crippen LogP contribution is 2.15. The van der Waals surface area contributed by atoms with E-state index >= 15 is 0 Å². The summed E-state index contributed by atoms with van der Waals surface area (Å²) in [7, 11) is 0. The monoisotopic (exact) mass is 375 g/mol. The molecule has 7 heteroatoms. The van der Waals surface area contributed by atoms with E-state index in [1.165, 1.54) is 17.7 Å². The van der Waals surface area contributed by atoms with Crippen molar-refractivity contribution in [2.75, 3.05) is 11.9 Å². The molecule has 2 aromatic rings. The molecule has 26 heavy (non-hydrogen) atoms.